The number of rotatable bonds is 8. The van der Waals surface area contributed by atoms with E-state index in [2.05, 4.69) is 22.4 Å². The second-order valence-corrected chi connectivity index (χ2v) is 5.61. The van der Waals surface area contributed by atoms with E-state index in [0.29, 0.717) is 23.3 Å². The average Bonchev–Trinajstić information content (AvgIpc) is 2.65. The highest BCUT2D eigenvalue weighted by Gasteiger charge is 2.19. The molecule has 0 aliphatic heterocycles. The lowest BCUT2D eigenvalue weighted by Gasteiger charge is -2.10. The molecule has 6 nitrogen and oxygen atoms in total. The Hall–Kier alpha value is -2.99. The molecule has 0 atom stereocenters. The standard InChI is InChI=1S/C19H19N3O3/c23-22(24)18-14-21-17-10-5-4-9-16(17)19(18)25-12-6-11-20-13-15-7-2-1-3-8-15/h1-5,7-10,14,20H,6,11-13H2. The predicted molar refractivity (Wildman–Crippen MR) is 96.7 cm³/mol. The van der Waals surface area contributed by atoms with Crippen LogP contribution in [0.3, 0.4) is 0 Å². The normalized spacial score (nSPS) is 10.7. The van der Waals surface area contributed by atoms with E-state index in [4.69, 9.17) is 4.74 Å². The first kappa shape index (κ1) is 16.9. The summed E-state index contributed by atoms with van der Waals surface area (Å²) in [6, 6.07) is 17.4. The number of nitrogens with zero attached hydrogens (tertiary/aromatic N) is 2. The Morgan fingerprint density at radius 1 is 1.08 bits per heavy atom. The third-order valence-electron chi connectivity index (χ3n) is 3.82. The van der Waals surface area contributed by atoms with Crippen molar-refractivity contribution in [3.05, 3.63) is 76.5 Å². The lowest BCUT2D eigenvalue weighted by molar-refractivity contribution is -0.386. The van der Waals surface area contributed by atoms with Crippen LogP contribution in [0, 0.1) is 10.1 Å². The van der Waals surface area contributed by atoms with Gasteiger partial charge in [-0.15, -0.1) is 0 Å². The van der Waals surface area contributed by atoms with Crippen LogP contribution in [0.25, 0.3) is 10.9 Å². The summed E-state index contributed by atoms with van der Waals surface area (Å²) in [6.45, 7) is 1.96. The number of hydrogen-bond acceptors (Lipinski definition) is 5. The molecule has 0 amide bonds. The van der Waals surface area contributed by atoms with Crippen LogP contribution >= 0.6 is 0 Å². The van der Waals surface area contributed by atoms with E-state index in [1.54, 1.807) is 6.07 Å². The maximum atomic E-state index is 11.2. The monoisotopic (exact) mass is 337 g/mol. The van der Waals surface area contributed by atoms with Gasteiger partial charge in [-0.05, 0) is 30.7 Å². The molecule has 1 N–H and O–H groups in total. The maximum Gasteiger partial charge on any atom is 0.329 e. The molecule has 0 aliphatic carbocycles. The summed E-state index contributed by atoms with van der Waals surface area (Å²) in [5, 5.41) is 15.2. The van der Waals surface area contributed by atoms with Gasteiger partial charge in [0.15, 0.2) is 0 Å². The third kappa shape index (κ3) is 4.30. The fourth-order valence-electron chi connectivity index (χ4n) is 2.59. The van der Waals surface area contributed by atoms with Crippen LogP contribution in [0.5, 0.6) is 5.75 Å². The molecule has 0 unspecified atom stereocenters. The number of nitrogens with one attached hydrogen (secondary N) is 1. The first-order valence-electron chi connectivity index (χ1n) is 8.15. The van der Waals surface area contributed by atoms with Crippen LogP contribution in [0.15, 0.2) is 60.8 Å². The zero-order chi connectivity index (χ0) is 17.5. The van der Waals surface area contributed by atoms with E-state index >= 15 is 0 Å². The molecular weight excluding hydrogens is 318 g/mol. The summed E-state index contributed by atoms with van der Waals surface area (Å²) in [7, 11) is 0. The van der Waals surface area contributed by atoms with Crippen molar-refractivity contribution in [1.29, 1.82) is 0 Å². The molecule has 0 aliphatic rings. The fraction of sp³-hybridized carbons (Fsp3) is 0.211. The molecule has 0 saturated carbocycles. The molecule has 6 heteroatoms. The second-order valence-electron chi connectivity index (χ2n) is 5.61. The number of hydrogen-bond donors (Lipinski definition) is 1. The van der Waals surface area contributed by atoms with Gasteiger partial charge in [0.2, 0.25) is 5.75 Å². The summed E-state index contributed by atoms with van der Waals surface area (Å²) in [4.78, 5) is 14.9. The highest BCUT2D eigenvalue weighted by molar-refractivity contribution is 5.88. The van der Waals surface area contributed by atoms with Gasteiger partial charge in [0, 0.05) is 11.9 Å². The number of aromatic nitrogens is 1. The van der Waals surface area contributed by atoms with Gasteiger partial charge < -0.3 is 10.1 Å². The number of ether oxygens (including phenoxy) is 1. The smallest absolute Gasteiger partial charge is 0.329 e. The first-order valence-corrected chi connectivity index (χ1v) is 8.15. The molecule has 1 heterocycles. The maximum absolute atomic E-state index is 11.2. The van der Waals surface area contributed by atoms with Crippen molar-refractivity contribution in [2.45, 2.75) is 13.0 Å². The van der Waals surface area contributed by atoms with Gasteiger partial charge in [0.1, 0.15) is 6.20 Å². The van der Waals surface area contributed by atoms with Crippen LogP contribution < -0.4 is 10.1 Å². The minimum atomic E-state index is -0.456. The van der Waals surface area contributed by atoms with Crippen molar-refractivity contribution in [3.8, 4) is 5.75 Å². The van der Waals surface area contributed by atoms with Gasteiger partial charge in [-0.25, -0.2) is 4.98 Å². The molecule has 0 spiro atoms. The lowest BCUT2D eigenvalue weighted by Crippen LogP contribution is -2.17. The molecule has 3 rings (SSSR count). The van der Waals surface area contributed by atoms with Gasteiger partial charge in [-0.3, -0.25) is 10.1 Å². The van der Waals surface area contributed by atoms with Gasteiger partial charge in [-0.2, -0.15) is 0 Å². The number of fused-ring (bicyclic) bond motifs is 1. The Labute approximate surface area is 145 Å². The van der Waals surface area contributed by atoms with Gasteiger partial charge in [0.25, 0.3) is 0 Å². The minimum absolute atomic E-state index is 0.101. The van der Waals surface area contributed by atoms with E-state index < -0.39 is 4.92 Å². The zero-order valence-electron chi connectivity index (χ0n) is 13.7. The highest BCUT2D eigenvalue weighted by Crippen LogP contribution is 2.33. The number of nitro groups is 1. The van der Waals surface area contributed by atoms with Crippen molar-refractivity contribution in [3.63, 3.8) is 0 Å². The van der Waals surface area contributed by atoms with Gasteiger partial charge in [0.05, 0.1) is 17.0 Å². The Morgan fingerprint density at radius 3 is 2.64 bits per heavy atom. The number of para-hydroxylation sites is 1. The topological polar surface area (TPSA) is 77.3 Å². The number of benzene rings is 2. The Morgan fingerprint density at radius 2 is 1.84 bits per heavy atom. The van der Waals surface area contributed by atoms with E-state index in [-0.39, 0.29) is 5.69 Å². The van der Waals surface area contributed by atoms with Crippen molar-refractivity contribution < 1.29 is 9.66 Å². The van der Waals surface area contributed by atoms with Crippen LogP contribution in [0.1, 0.15) is 12.0 Å². The van der Waals surface area contributed by atoms with Crippen LogP contribution in [0.4, 0.5) is 5.69 Å². The minimum Gasteiger partial charge on any atom is -0.486 e. The first-order chi connectivity index (χ1) is 12.3. The van der Waals surface area contributed by atoms with Crippen molar-refractivity contribution in [2.75, 3.05) is 13.2 Å². The van der Waals surface area contributed by atoms with Crippen molar-refractivity contribution in [1.82, 2.24) is 10.3 Å². The third-order valence-corrected chi connectivity index (χ3v) is 3.82. The van der Waals surface area contributed by atoms with Crippen molar-refractivity contribution in [2.24, 2.45) is 0 Å². The van der Waals surface area contributed by atoms with Crippen LogP contribution in [0.2, 0.25) is 0 Å². The molecular formula is C19H19N3O3. The van der Waals surface area contributed by atoms with E-state index in [1.165, 1.54) is 11.8 Å². The Kier molecular flexibility index (Phi) is 5.53. The summed E-state index contributed by atoms with van der Waals surface area (Å²) < 4.78 is 5.74. The zero-order valence-corrected chi connectivity index (χ0v) is 13.7. The molecule has 2 aromatic carbocycles. The largest absolute Gasteiger partial charge is 0.486 e. The second kappa shape index (κ2) is 8.21. The van der Waals surface area contributed by atoms with E-state index in [1.807, 2.05) is 36.4 Å². The summed E-state index contributed by atoms with van der Waals surface area (Å²) in [6.07, 6.45) is 2.01. The summed E-state index contributed by atoms with van der Waals surface area (Å²) in [5.74, 6) is 0.290. The van der Waals surface area contributed by atoms with Crippen LogP contribution in [-0.4, -0.2) is 23.1 Å². The fourth-order valence-corrected chi connectivity index (χ4v) is 2.59. The molecule has 25 heavy (non-hydrogen) atoms. The average molecular weight is 337 g/mol. The quantitative estimate of drug-likeness (QED) is 0.385. The SMILES string of the molecule is O=[N+]([O-])c1cnc2ccccc2c1OCCCNCc1ccccc1. The van der Waals surface area contributed by atoms with E-state index in [9.17, 15) is 10.1 Å². The summed E-state index contributed by atoms with van der Waals surface area (Å²) in [5.41, 5.74) is 1.81. The number of pyridine rings is 1. The predicted octanol–water partition coefficient (Wildman–Crippen LogP) is 3.70. The Balaban J connectivity index is 1.57. The molecule has 1 aromatic heterocycles. The molecule has 0 fully saturated rings. The molecule has 0 radical (unpaired) electrons. The molecule has 0 saturated heterocycles. The molecule has 128 valence electrons. The van der Waals surface area contributed by atoms with E-state index in [0.717, 1.165) is 19.5 Å². The van der Waals surface area contributed by atoms with Gasteiger partial charge in [-0.1, -0.05) is 42.5 Å². The summed E-state index contributed by atoms with van der Waals surface area (Å²) >= 11 is 0. The van der Waals surface area contributed by atoms with Crippen LogP contribution in [-0.2, 0) is 6.54 Å². The van der Waals surface area contributed by atoms with Gasteiger partial charge >= 0.3 is 5.69 Å². The van der Waals surface area contributed by atoms with Crippen molar-refractivity contribution >= 4 is 16.6 Å². The highest BCUT2D eigenvalue weighted by atomic mass is 16.6. The molecule has 0 bridgehead atoms. The molecule has 3 aromatic rings. The lowest BCUT2D eigenvalue weighted by atomic mass is 10.2. The Bertz CT molecular complexity index is 853.